The van der Waals surface area contributed by atoms with Crippen molar-refractivity contribution in [1.29, 1.82) is 0 Å². The van der Waals surface area contributed by atoms with E-state index < -0.39 is 5.97 Å². The predicted octanol–water partition coefficient (Wildman–Crippen LogP) is 2.65. The van der Waals surface area contributed by atoms with E-state index in [1.165, 1.54) is 12.8 Å². The van der Waals surface area contributed by atoms with Gasteiger partial charge >= 0.3 is 5.97 Å². The van der Waals surface area contributed by atoms with E-state index in [0.717, 1.165) is 30.5 Å². The fourth-order valence-corrected chi connectivity index (χ4v) is 2.48. The highest BCUT2D eigenvalue weighted by Crippen LogP contribution is 2.17. The number of aliphatic carboxylic acids is 1. The Morgan fingerprint density at radius 2 is 2.40 bits per heavy atom. The molecule has 1 aliphatic heterocycles. The summed E-state index contributed by atoms with van der Waals surface area (Å²) in [7, 11) is 0. The summed E-state index contributed by atoms with van der Waals surface area (Å²) in [6.07, 6.45) is 5.24. The molecule has 1 atom stereocenters. The Balaban J connectivity index is 1.83. The molecule has 0 saturated carbocycles. The molecule has 20 heavy (non-hydrogen) atoms. The fraction of sp³-hybridized carbons (Fsp3) is 0.438. The quantitative estimate of drug-likeness (QED) is 0.811. The SMILES string of the molecule is CC1CCCN1CCOc1cccc(C=CC(=O)O)c1. The molecule has 1 heterocycles. The molecule has 1 unspecified atom stereocenters. The van der Waals surface area contributed by atoms with Gasteiger partial charge in [0.05, 0.1) is 0 Å². The Hall–Kier alpha value is -1.81. The van der Waals surface area contributed by atoms with Crippen molar-refractivity contribution < 1.29 is 14.6 Å². The van der Waals surface area contributed by atoms with Gasteiger partial charge in [0.15, 0.2) is 0 Å². The van der Waals surface area contributed by atoms with Crippen LogP contribution in [0.1, 0.15) is 25.3 Å². The van der Waals surface area contributed by atoms with Crippen LogP contribution in [-0.4, -0.2) is 41.7 Å². The number of likely N-dealkylation sites (tertiary alicyclic amines) is 1. The van der Waals surface area contributed by atoms with Crippen LogP contribution in [0.3, 0.4) is 0 Å². The Bertz CT molecular complexity index is 484. The van der Waals surface area contributed by atoms with Crippen molar-refractivity contribution in [2.24, 2.45) is 0 Å². The van der Waals surface area contributed by atoms with E-state index in [2.05, 4.69) is 11.8 Å². The van der Waals surface area contributed by atoms with Crippen LogP contribution < -0.4 is 4.74 Å². The average Bonchev–Trinajstić information content (AvgIpc) is 2.83. The highest BCUT2D eigenvalue weighted by molar-refractivity contribution is 5.85. The summed E-state index contributed by atoms with van der Waals surface area (Å²) < 4.78 is 5.74. The number of hydrogen-bond donors (Lipinski definition) is 1. The molecule has 1 N–H and O–H groups in total. The second kappa shape index (κ2) is 7.10. The summed E-state index contributed by atoms with van der Waals surface area (Å²) >= 11 is 0. The normalized spacial score (nSPS) is 19.6. The van der Waals surface area contributed by atoms with E-state index in [9.17, 15) is 4.79 Å². The molecule has 4 heteroatoms. The van der Waals surface area contributed by atoms with Crippen LogP contribution in [0.4, 0.5) is 0 Å². The molecule has 0 amide bonds. The van der Waals surface area contributed by atoms with Crippen LogP contribution in [0, 0.1) is 0 Å². The van der Waals surface area contributed by atoms with Crippen molar-refractivity contribution >= 4 is 12.0 Å². The summed E-state index contributed by atoms with van der Waals surface area (Å²) in [6.45, 7) is 5.02. The summed E-state index contributed by atoms with van der Waals surface area (Å²) in [4.78, 5) is 12.9. The lowest BCUT2D eigenvalue weighted by atomic mass is 10.2. The van der Waals surface area contributed by atoms with E-state index in [4.69, 9.17) is 9.84 Å². The molecule has 1 fully saturated rings. The summed E-state index contributed by atoms with van der Waals surface area (Å²) in [5, 5.41) is 8.61. The molecule has 0 aliphatic carbocycles. The highest BCUT2D eigenvalue weighted by Gasteiger charge is 2.19. The summed E-state index contributed by atoms with van der Waals surface area (Å²) in [6, 6.07) is 8.13. The van der Waals surface area contributed by atoms with Gasteiger partial charge in [0.1, 0.15) is 12.4 Å². The second-order valence-corrected chi connectivity index (χ2v) is 5.12. The maximum Gasteiger partial charge on any atom is 0.328 e. The van der Waals surface area contributed by atoms with Gasteiger partial charge in [0.2, 0.25) is 0 Å². The molecule has 108 valence electrons. The van der Waals surface area contributed by atoms with Crippen molar-refractivity contribution in [3.05, 3.63) is 35.9 Å². The number of ether oxygens (including phenoxy) is 1. The second-order valence-electron chi connectivity index (χ2n) is 5.12. The molecule has 0 aromatic heterocycles. The smallest absolute Gasteiger partial charge is 0.328 e. The molecule has 0 radical (unpaired) electrons. The number of carboxylic acid groups (broad SMARTS) is 1. The van der Waals surface area contributed by atoms with Crippen molar-refractivity contribution in [2.75, 3.05) is 19.7 Å². The first kappa shape index (κ1) is 14.6. The van der Waals surface area contributed by atoms with Gasteiger partial charge in [-0.05, 0) is 50.1 Å². The Labute approximate surface area is 119 Å². The molecular weight excluding hydrogens is 254 g/mol. The van der Waals surface area contributed by atoms with Crippen molar-refractivity contribution in [1.82, 2.24) is 4.90 Å². The summed E-state index contributed by atoms with van der Waals surface area (Å²) in [5.74, 6) is -0.163. The molecule has 1 aromatic carbocycles. The van der Waals surface area contributed by atoms with Crippen LogP contribution in [0.2, 0.25) is 0 Å². The molecule has 0 bridgehead atoms. The minimum absolute atomic E-state index is 0.656. The molecule has 0 spiro atoms. The molecule has 4 nitrogen and oxygen atoms in total. The minimum Gasteiger partial charge on any atom is -0.492 e. The number of carboxylic acids is 1. The zero-order valence-electron chi connectivity index (χ0n) is 11.8. The van der Waals surface area contributed by atoms with Gasteiger partial charge in [0, 0.05) is 18.7 Å². The van der Waals surface area contributed by atoms with Crippen LogP contribution in [0.5, 0.6) is 5.75 Å². The zero-order chi connectivity index (χ0) is 14.4. The number of nitrogens with zero attached hydrogens (tertiary/aromatic N) is 1. The third kappa shape index (κ3) is 4.38. The lowest BCUT2D eigenvalue weighted by Crippen LogP contribution is -2.31. The van der Waals surface area contributed by atoms with E-state index >= 15 is 0 Å². The molecular formula is C16H21NO3. The average molecular weight is 275 g/mol. The van der Waals surface area contributed by atoms with Crippen molar-refractivity contribution in [3.8, 4) is 5.75 Å². The van der Waals surface area contributed by atoms with Crippen molar-refractivity contribution in [2.45, 2.75) is 25.8 Å². The highest BCUT2D eigenvalue weighted by atomic mass is 16.5. The van der Waals surface area contributed by atoms with Gasteiger partial charge in [-0.15, -0.1) is 0 Å². The number of hydrogen-bond acceptors (Lipinski definition) is 3. The van der Waals surface area contributed by atoms with E-state index in [1.807, 2.05) is 24.3 Å². The van der Waals surface area contributed by atoms with Gasteiger partial charge in [-0.1, -0.05) is 12.1 Å². The Morgan fingerprint density at radius 1 is 1.55 bits per heavy atom. The minimum atomic E-state index is -0.945. The van der Waals surface area contributed by atoms with E-state index in [1.54, 1.807) is 6.08 Å². The van der Waals surface area contributed by atoms with Crippen LogP contribution in [-0.2, 0) is 4.79 Å². The van der Waals surface area contributed by atoms with Gasteiger partial charge < -0.3 is 9.84 Å². The third-order valence-electron chi connectivity index (χ3n) is 3.61. The maximum absolute atomic E-state index is 10.5. The van der Waals surface area contributed by atoms with Gasteiger partial charge in [-0.3, -0.25) is 4.90 Å². The first-order valence-corrected chi connectivity index (χ1v) is 7.03. The van der Waals surface area contributed by atoms with Gasteiger partial charge in [-0.25, -0.2) is 4.79 Å². The molecule has 1 aromatic rings. The number of benzene rings is 1. The standard InChI is InChI=1S/C16H21NO3/c1-13-4-3-9-17(13)10-11-20-15-6-2-5-14(12-15)7-8-16(18)19/h2,5-8,12-13H,3-4,9-11H2,1H3,(H,18,19). The third-order valence-corrected chi connectivity index (χ3v) is 3.61. The predicted molar refractivity (Wildman–Crippen MR) is 78.9 cm³/mol. The van der Waals surface area contributed by atoms with Crippen LogP contribution in [0.25, 0.3) is 6.08 Å². The first-order chi connectivity index (χ1) is 9.65. The monoisotopic (exact) mass is 275 g/mol. The Morgan fingerprint density at radius 3 is 3.10 bits per heavy atom. The van der Waals surface area contributed by atoms with Crippen LogP contribution >= 0.6 is 0 Å². The zero-order valence-corrected chi connectivity index (χ0v) is 11.8. The molecule has 1 aliphatic rings. The van der Waals surface area contributed by atoms with Gasteiger partial charge in [0.25, 0.3) is 0 Å². The number of rotatable bonds is 6. The lowest BCUT2D eigenvalue weighted by molar-refractivity contribution is -0.131. The number of carbonyl (C=O) groups is 1. The Kier molecular flexibility index (Phi) is 5.18. The van der Waals surface area contributed by atoms with E-state index in [-0.39, 0.29) is 0 Å². The first-order valence-electron chi connectivity index (χ1n) is 7.03. The largest absolute Gasteiger partial charge is 0.492 e. The van der Waals surface area contributed by atoms with Crippen molar-refractivity contribution in [3.63, 3.8) is 0 Å². The maximum atomic E-state index is 10.5. The van der Waals surface area contributed by atoms with E-state index in [0.29, 0.717) is 12.6 Å². The summed E-state index contributed by atoms with van der Waals surface area (Å²) in [5.41, 5.74) is 0.833. The van der Waals surface area contributed by atoms with Crippen LogP contribution in [0.15, 0.2) is 30.3 Å². The molecule has 1 saturated heterocycles. The lowest BCUT2D eigenvalue weighted by Gasteiger charge is -2.20. The molecule has 2 rings (SSSR count). The van der Waals surface area contributed by atoms with Gasteiger partial charge in [-0.2, -0.15) is 0 Å². The fourth-order valence-electron chi connectivity index (χ4n) is 2.48. The topological polar surface area (TPSA) is 49.8 Å².